The van der Waals surface area contributed by atoms with Crippen molar-refractivity contribution >= 4 is 0 Å². The first-order valence-electron chi connectivity index (χ1n) is 8.25. The third kappa shape index (κ3) is 2.57. The summed E-state index contributed by atoms with van der Waals surface area (Å²) in [6.45, 7) is 2.20. The van der Waals surface area contributed by atoms with Crippen molar-refractivity contribution in [1.82, 2.24) is 0 Å². The molecule has 1 aliphatic rings. The molecule has 0 N–H and O–H groups in total. The third-order valence-corrected chi connectivity index (χ3v) is 4.81. The van der Waals surface area contributed by atoms with Crippen LogP contribution in [0.25, 0.3) is 22.3 Å². The molecular weight excluding hydrogens is 283 g/mol. The van der Waals surface area contributed by atoms with E-state index < -0.39 is 0 Å². The van der Waals surface area contributed by atoms with E-state index in [0.717, 1.165) is 30.4 Å². The average Bonchev–Trinajstić information content (AvgIpc) is 2.61. The first-order chi connectivity index (χ1) is 11.2. The molecular formula is C22H19F. The van der Waals surface area contributed by atoms with Crippen LogP contribution in [0.3, 0.4) is 0 Å². The van der Waals surface area contributed by atoms with E-state index in [2.05, 4.69) is 43.3 Å². The van der Waals surface area contributed by atoms with E-state index in [1.165, 1.54) is 39.9 Å². The molecule has 0 unspecified atom stereocenters. The van der Waals surface area contributed by atoms with Crippen molar-refractivity contribution in [2.75, 3.05) is 0 Å². The maximum atomic E-state index is 13.1. The highest BCUT2D eigenvalue weighted by Crippen LogP contribution is 2.36. The van der Waals surface area contributed by atoms with Gasteiger partial charge in [-0.15, -0.1) is 0 Å². The Kier molecular flexibility index (Phi) is 3.49. The molecule has 0 nitrogen and oxygen atoms in total. The molecule has 0 spiro atoms. The van der Waals surface area contributed by atoms with Crippen molar-refractivity contribution in [3.8, 4) is 22.3 Å². The smallest absolute Gasteiger partial charge is 0.123 e. The summed E-state index contributed by atoms with van der Waals surface area (Å²) in [5.74, 6) is -0.188. The zero-order chi connectivity index (χ0) is 15.8. The minimum atomic E-state index is -0.188. The van der Waals surface area contributed by atoms with Gasteiger partial charge in [0.2, 0.25) is 0 Å². The molecule has 0 saturated heterocycles. The number of fused-ring (bicyclic) bond motifs is 3. The van der Waals surface area contributed by atoms with Gasteiger partial charge in [0.15, 0.2) is 0 Å². The van der Waals surface area contributed by atoms with Gasteiger partial charge in [-0.05, 0) is 70.3 Å². The number of rotatable bonds is 2. The highest BCUT2D eigenvalue weighted by atomic mass is 19.1. The van der Waals surface area contributed by atoms with E-state index in [9.17, 15) is 4.39 Å². The predicted molar refractivity (Wildman–Crippen MR) is 94.1 cm³/mol. The predicted octanol–water partition coefficient (Wildman–Crippen LogP) is 5.82. The first-order valence-corrected chi connectivity index (χ1v) is 8.25. The van der Waals surface area contributed by atoms with Crippen molar-refractivity contribution in [2.24, 2.45) is 0 Å². The molecule has 0 atom stereocenters. The highest BCUT2D eigenvalue weighted by Gasteiger charge is 2.16. The van der Waals surface area contributed by atoms with Crippen LogP contribution < -0.4 is 0 Å². The monoisotopic (exact) mass is 302 g/mol. The summed E-state index contributed by atoms with van der Waals surface area (Å²) < 4.78 is 13.1. The van der Waals surface area contributed by atoms with Crippen molar-refractivity contribution in [2.45, 2.75) is 26.2 Å². The Hall–Kier alpha value is -2.41. The number of benzene rings is 3. The summed E-state index contributed by atoms with van der Waals surface area (Å²) in [6, 6.07) is 20.2. The maximum Gasteiger partial charge on any atom is 0.123 e. The van der Waals surface area contributed by atoms with Crippen molar-refractivity contribution in [3.63, 3.8) is 0 Å². The SMILES string of the molecule is CCc1ccc2c(c1)CCc1cc(-c3ccc(F)cc3)ccc1-2. The molecule has 1 heteroatoms. The minimum Gasteiger partial charge on any atom is -0.207 e. The fourth-order valence-electron chi connectivity index (χ4n) is 3.49. The quantitative estimate of drug-likeness (QED) is 0.559. The molecule has 4 rings (SSSR count). The molecule has 0 radical (unpaired) electrons. The highest BCUT2D eigenvalue weighted by molar-refractivity contribution is 5.77. The molecule has 3 aromatic carbocycles. The number of hydrogen-bond acceptors (Lipinski definition) is 0. The van der Waals surface area contributed by atoms with Crippen LogP contribution in [0.2, 0.25) is 0 Å². The normalized spacial score (nSPS) is 12.6. The van der Waals surface area contributed by atoms with Crippen LogP contribution in [0.4, 0.5) is 4.39 Å². The molecule has 0 saturated carbocycles. The van der Waals surface area contributed by atoms with Crippen LogP contribution in [0, 0.1) is 5.82 Å². The summed E-state index contributed by atoms with van der Waals surface area (Å²) in [5, 5.41) is 0. The van der Waals surface area contributed by atoms with Gasteiger partial charge in [-0.1, -0.05) is 55.5 Å². The standard InChI is InChI=1S/C22H19F/c1-2-15-3-11-21-18(13-15)4-5-19-14-17(8-12-22(19)21)16-6-9-20(23)10-7-16/h3,6-14H,2,4-5H2,1H3. The third-order valence-electron chi connectivity index (χ3n) is 4.81. The fourth-order valence-corrected chi connectivity index (χ4v) is 3.49. The topological polar surface area (TPSA) is 0 Å². The number of aryl methyl sites for hydroxylation is 3. The van der Waals surface area contributed by atoms with E-state index in [0.29, 0.717) is 0 Å². The van der Waals surface area contributed by atoms with Crippen LogP contribution in [0.5, 0.6) is 0 Å². The van der Waals surface area contributed by atoms with Gasteiger partial charge in [-0.25, -0.2) is 4.39 Å². The second-order valence-corrected chi connectivity index (χ2v) is 6.22. The zero-order valence-electron chi connectivity index (χ0n) is 13.3. The van der Waals surface area contributed by atoms with Crippen LogP contribution in [0.15, 0.2) is 60.7 Å². The molecule has 1 aliphatic carbocycles. The Morgan fingerprint density at radius 1 is 0.739 bits per heavy atom. The molecule has 0 aliphatic heterocycles. The summed E-state index contributed by atoms with van der Waals surface area (Å²) >= 11 is 0. The van der Waals surface area contributed by atoms with Crippen LogP contribution in [-0.2, 0) is 19.3 Å². The number of hydrogen-bond donors (Lipinski definition) is 0. The van der Waals surface area contributed by atoms with E-state index in [4.69, 9.17) is 0 Å². The molecule has 0 aromatic heterocycles. The molecule has 3 aromatic rings. The Balaban J connectivity index is 1.77. The van der Waals surface area contributed by atoms with Gasteiger partial charge in [-0.3, -0.25) is 0 Å². The second kappa shape index (κ2) is 5.66. The molecule has 0 bridgehead atoms. The Morgan fingerprint density at radius 3 is 2.04 bits per heavy atom. The van der Waals surface area contributed by atoms with Gasteiger partial charge in [0.05, 0.1) is 0 Å². The van der Waals surface area contributed by atoms with Crippen LogP contribution in [-0.4, -0.2) is 0 Å². The van der Waals surface area contributed by atoms with Gasteiger partial charge >= 0.3 is 0 Å². The molecule has 0 fully saturated rings. The largest absolute Gasteiger partial charge is 0.207 e. The molecule has 114 valence electrons. The maximum absolute atomic E-state index is 13.1. The lowest BCUT2D eigenvalue weighted by molar-refractivity contribution is 0.628. The summed E-state index contributed by atoms with van der Waals surface area (Å²) in [4.78, 5) is 0. The lowest BCUT2D eigenvalue weighted by Gasteiger charge is -2.21. The van der Waals surface area contributed by atoms with Crippen LogP contribution >= 0.6 is 0 Å². The van der Waals surface area contributed by atoms with E-state index in [-0.39, 0.29) is 5.82 Å². The zero-order valence-corrected chi connectivity index (χ0v) is 13.3. The van der Waals surface area contributed by atoms with Crippen molar-refractivity contribution < 1.29 is 4.39 Å². The summed E-state index contributed by atoms with van der Waals surface area (Å²) in [7, 11) is 0. The lowest BCUT2D eigenvalue weighted by atomic mass is 9.83. The lowest BCUT2D eigenvalue weighted by Crippen LogP contribution is -2.04. The van der Waals surface area contributed by atoms with Gasteiger partial charge in [0.25, 0.3) is 0 Å². The van der Waals surface area contributed by atoms with Gasteiger partial charge in [0, 0.05) is 0 Å². The summed E-state index contributed by atoms with van der Waals surface area (Å²) in [5.41, 5.74) is 9.22. The average molecular weight is 302 g/mol. The summed E-state index contributed by atoms with van der Waals surface area (Å²) in [6.07, 6.45) is 3.26. The second-order valence-electron chi connectivity index (χ2n) is 6.22. The molecule has 23 heavy (non-hydrogen) atoms. The Morgan fingerprint density at radius 2 is 1.35 bits per heavy atom. The van der Waals surface area contributed by atoms with E-state index in [1.807, 2.05) is 12.1 Å². The van der Waals surface area contributed by atoms with Gasteiger partial charge in [-0.2, -0.15) is 0 Å². The first kappa shape index (κ1) is 14.2. The van der Waals surface area contributed by atoms with Crippen LogP contribution in [0.1, 0.15) is 23.6 Å². The van der Waals surface area contributed by atoms with Crippen molar-refractivity contribution in [3.05, 3.63) is 83.2 Å². The minimum absolute atomic E-state index is 0.188. The van der Waals surface area contributed by atoms with E-state index >= 15 is 0 Å². The fraction of sp³-hybridized carbons (Fsp3) is 0.182. The number of halogens is 1. The molecule has 0 heterocycles. The Bertz CT molecular complexity index is 860. The Labute approximate surface area is 136 Å². The van der Waals surface area contributed by atoms with E-state index in [1.54, 1.807) is 0 Å². The molecule has 0 amide bonds. The van der Waals surface area contributed by atoms with Crippen molar-refractivity contribution in [1.29, 1.82) is 0 Å². The van der Waals surface area contributed by atoms with Gasteiger partial charge in [0.1, 0.15) is 5.82 Å². The van der Waals surface area contributed by atoms with Gasteiger partial charge < -0.3 is 0 Å².